The summed E-state index contributed by atoms with van der Waals surface area (Å²) < 4.78 is 13.0. The lowest BCUT2D eigenvalue weighted by atomic mass is 10.2. The Hall–Kier alpha value is -1.91. The van der Waals surface area contributed by atoms with Crippen LogP contribution in [0, 0.1) is 5.82 Å². The first-order valence-corrected chi connectivity index (χ1v) is 4.47. The van der Waals surface area contributed by atoms with Gasteiger partial charge in [0.25, 0.3) is 0 Å². The number of benzene rings is 1. The minimum Gasteiger partial charge on any atom is -0.326 e. The van der Waals surface area contributed by atoms with Crippen LogP contribution in [0.5, 0.6) is 0 Å². The summed E-state index contributed by atoms with van der Waals surface area (Å²) in [5.41, 5.74) is 0.492. The van der Waals surface area contributed by atoms with Gasteiger partial charge in [-0.2, -0.15) is 0 Å². The zero-order chi connectivity index (χ0) is 11.3. The molecule has 1 aromatic rings. The first kappa shape index (κ1) is 11.2. The van der Waals surface area contributed by atoms with Gasteiger partial charge in [0.2, 0.25) is 12.3 Å². The highest BCUT2D eigenvalue weighted by atomic mass is 19.1. The molecule has 5 heteroatoms. The summed E-state index contributed by atoms with van der Waals surface area (Å²) in [6.07, 6.45) is 0.720. The lowest BCUT2D eigenvalue weighted by Gasteiger charge is -2.06. The molecular formula is C10H11FN2O2. The zero-order valence-corrected chi connectivity index (χ0v) is 8.21. The molecule has 0 atom stereocenters. The summed E-state index contributed by atoms with van der Waals surface area (Å²) in [7, 11) is 0. The van der Waals surface area contributed by atoms with Gasteiger partial charge in [-0.25, -0.2) is 4.39 Å². The number of rotatable bonds is 4. The molecule has 0 saturated heterocycles. The summed E-state index contributed by atoms with van der Waals surface area (Å²) in [6.45, 7) is 1.71. The van der Waals surface area contributed by atoms with Crippen LogP contribution in [0.3, 0.4) is 0 Å². The van der Waals surface area contributed by atoms with Crippen LogP contribution >= 0.6 is 0 Å². The third-order valence-corrected chi connectivity index (χ3v) is 1.79. The molecular weight excluding hydrogens is 199 g/mol. The van der Waals surface area contributed by atoms with Crippen LogP contribution in [0.25, 0.3) is 0 Å². The molecule has 15 heavy (non-hydrogen) atoms. The molecule has 80 valence electrons. The first-order chi connectivity index (χ1) is 7.17. The molecule has 0 spiro atoms. The topological polar surface area (TPSA) is 58.2 Å². The minimum atomic E-state index is -0.545. The lowest BCUT2D eigenvalue weighted by molar-refractivity contribution is -0.115. The lowest BCUT2D eigenvalue weighted by Crippen LogP contribution is -2.10. The van der Waals surface area contributed by atoms with E-state index in [1.165, 1.54) is 18.2 Å². The Morgan fingerprint density at radius 3 is 2.87 bits per heavy atom. The number of hydrogen-bond acceptors (Lipinski definition) is 2. The van der Waals surface area contributed by atoms with E-state index in [2.05, 4.69) is 10.6 Å². The van der Waals surface area contributed by atoms with Crippen LogP contribution in [-0.4, -0.2) is 12.3 Å². The van der Waals surface area contributed by atoms with Crippen molar-refractivity contribution < 1.29 is 14.0 Å². The standard InChI is InChI=1S/C10H11FN2O2/c1-2-10(15)13-7-3-4-8(11)9(5-7)12-6-14/h3-6H,2H2,1H3,(H,12,14)(H,13,15). The van der Waals surface area contributed by atoms with Gasteiger partial charge in [-0.15, -0.1) is 0 Å². The number of hydrogen-bond donors (Lipinski definition) is 2. The third-order valence-electron chi connectivity index (χ3n) is 1.79. The van der Waals surface area contributed by atoms with Gasteiger partial charge in [0.15, 0.2) is 0 Å². The number of halogens is 1. The second kappa shape index (κ2) is 5.09. The fraction of sp³-hybridized carbons (Fsp3) is 0.200. The predicted octanol–water partition coefficient (Wildman–Crippen LogP) is 1.74. The summed E-state index contributed by atoms with van der Waals surface area (Å²) >= 11 is 0. The Kier molecular flexibility index (Phi) is 3.79. The molecule has 2 N–H and O–H groups in total. The molecule has 0 unspecified atom stereocenters. The van der Waals surface area contributed by atoms with Crippen molar-refractivity contribution in [3.63, 3.8) is 0 Å². The van der Waals surface area contributed by atoms with Crippen molar-refractivity contribution in [2.75, 3.05) is 10.6 Å². The Labute approximate surface area is 86.5 Å². The molecule has 0 aliphatic heterocycles. The van der Waals surface area contributed by atoms with Crippen molar-refractivity contribution in [3.8, 4) is 0 Å². The summed E-state index contributed by atoms with van der Waals surface area (Å²) in [4.78, 5) is 21.2. The van der Waals surface area contributed by atoms with Gasteiger partial charge in [0.05, 0.1) is 5.69 Å². The molecule has 1 rings (SSSR count). The van der Waals surface area contributed by atoms with Gasteiger partial charge in [-0.1, -0.05) is 6.92 Å². The fourth-order valence-electron chi connectivity index (χ4n) is 1.03. The van der Waals surface area contributed by atoms with Crippen LogP contribution in [-0.2, 0) is 9.59 Å². The summed E-state index contributed by atoms with van der Waals surface area (Å²) in [5, 5.41) is 4.76. The highest BCUT2D eigenvalue weighted by Gasteiger charge is 2.04. The van der Waals surface area contributed by atoms with Crippen molar-refractivity contribution >= 4 is 23.7 Å². The maximum Gasteiger partial charge on any atom is 0.224 e. The number of nitrogens with one attached hydrogen (secondary N) is 2. The van der Waals surface area contributed by atoms with Crippen molar-refractivity contribution in [2.45, 2.75) is 13.3 Å². The Morgan fingerprint density at radius 1 is 1.53 bits per heavy atom. The molecule has 0 radical (unpaired) electrons. The normalized spacial score (nSPS) is 9.47. The van der Waals surface area contributed by atoms with Gasteiger partial charge < -0.3 is 10.6 Å². The molecule has 4 nitrogen and oxygen atoms in total. The Bertz CT molecular complexity index is 380. The Balaban J connectivity index is 2.86. The fourth-order valence-corrected chi connectivity index (χ4v) is 1.03. The van der Waals surface area contributed by atoms with Gasteiger partial charge in [-0.05, 0) is 18.2 Å². The minimum absolute atomic E-state index is 0.0407. The number of carbonyl (C=O) groups excluding carboxylic acids is 2. The van der Waals surface area contributed by atoms with E-state index in [0.717, 1.165) is 0 Å². The van der Waals surface area contributed by atoms with E-state index in [1.54, 1.807) is 6.92 Å². The maximum atomic E-state index is 13.0. The van der Waals surface area contributed by atoms with E-state index < -0.39 is 5.82 Å². The molecule has 1 aromatic carbocycles. The van der Waals surface area contributed by atoms with Gasteiger partial charge in [-0.3, -0.25) is 9.59 Å². The number of carbonyl (C=O) groups is 2. The quantitative estimate of drug-likeness (QED) is 0.743. The number of anilines is 2. The zero-order valence-electron chi connectivity index (χ0n) is 8.21. The summed E-state index contributed by atoms with van der Waals surface area (Å²) in [6, 6.07) is 3.97. The molecule has 0 saturated carbocycles. The predicted molar refractivity (Wildman–Crippen MR) is 55.0 cm³/mol. The van der Waals surface area contributed by atoms with E-state index in [-0.39, 0.29) is 11.6 Å². The van der Waals surface area contributed by atoms with E-state index in [0.29, 0.717) is 18.5 Å². The van der Waals surface area contributed by atoms with Crippen molar-refractivity contribution in [2.24, 2.45) is 0 Å². The van der Waals surface area contributed by atoms with E-state index in [9.17, 15) is 14.0 Å². The molecule has 0 fully saturated rings. The third kappa shape index (κ3) is 3.05. The van der Waals surface area contributed by atoms with E-state index in [4.69, 9.17) is 0 Å². The number of amides is 2. The molecule has 0 bridgehead atoms. The second-order valence-corrected chi connectivity index (χ2v) is 2.86. The molecule has 0 heterocycles. The smallest absolute Gasteiger partial charge is 0.224 e. The highest BCUT2D eigenvalue weighted by molar-refractivity contribution is 5.91. The van der Waals surface area contributed by atoms with Crippen LogP contribution in [0.2, 0.25) is 0 Å². The van der Waals surface area contributed by atoms with Gasteiger partial charge >= 0.3 is 0 Å². The van der Waals surface area contributed by atoms with Crippen LogP contribution in [0.4, 0.5) is 15.8 Å². The monoisotopic (exact) mass is 210 g/mol. The van der Waals surface area contributed by atoms with Crippen LogP contribution in [0.15, 0.2) is 18.2 Å². The highest BCUT2D eigenvalue weighted by Crippen LogP contribution is 2.19. The summed E-state index contributed by atoms with van der Waals surface area (Å²) in [5.74, 6) is -0.713. The average Bonchev–Trinajstić information content (AvgIpc) is 2.23. The molecule has 0 aliphatic carbocycles. The van der Waals surface area contributed by atoms with E-state index in [1.807, 2.05) is 0 Å². The molecule has 0 aliphatic rings. The SMILES string of the molecule is CCC(=O)Nc1ccc(F)c(NC=O)c1. The van der Waals surface area contributed by atoms with Crippen LogP contribution < -0.4 is 10.6 Å². The Morgan fingerprint density at radius 2 is 2.27 bits per heavy atom. The van der Waals surface area contributed by atoms with Gasteiger partial charge in [0.1, 0.15) is 5.82 Å². The van der Waals surface area contributed by atoms with Crippen molar-refractivity contribution in [3.05, 3.63) is 24.0 Å². The largest absolute Gasteiger partial charge is 0.326 e. The first-order valence-electron chi connectivity index (χ1n) is 4.47. The molecule has 2 amide bonds. The maximum absolute atomic E-state index is 13.0. The van der Waals surface area contributed by atoms with Crippen LogP contribution in [0.1, 0.15) is 13.3 Å². The van der Waals surface area contributed by atoms with E-state index >= 15 is 0 Å². The van der Waals surface area contributed by atoms with Crippen molar-refractivity contribution in [1.82, 2.24) is 0 Å². The second-order valence-electron chi connectivity index (χ2n) is 2.86. The average molecular weight is 210 g/mol. The van der Waals surface area contributed by atoms with Gasteiger partial charge in [0, 0.05) is 12.1 Å². The molecule has 0 aromatic heterocycles. The van der Waals surface area contributed by atoms with Crippen molar-refractivity contribution in [1.29, 1.82) is 0 Å².